The molecule has 3 rings (SSSR count). The second-order valence-corrected chi connectivity index (χ2v) is 7.95. The monoisotopic (exact) mass is 426 g/mol. The van der Waals surface area contributed by atoms with Crippen molar-refractivity contribution in [2.24, 2.45) is 5.92 Å². The standard InChI is InChI=1S/C23H30N4O4/c1-5-31-23(30)19-10-12-26(13-11-19)21(28)15-25(4)22(29)18-6-8-20(9-7-18)27-17(3)14-16(2)24-27/h6-9,14,19H,5,10-13,15H2,1-4H3. The van der Waals surface area contributed by atoms with Crippen LogP contribution in [0, 0.1) is 19.8 Å². The number of amides is 2. The van der Waals surface area contributed by atoms with Crippen LogP contribution in [0.4, 0.5) is 0 Å². The summed E-state index contributed by atoms with van der Waals surface area (Å²) in [6, 6.07) is 9.19. The number of rotatable bonds is 6. The fourth-order valence-corrected chi connectivity index (χ4v) is 3.86. The van der Waals surface area contributed by atoms with Gasteiger partial charge in [0.25, 0.3) is 5.91 Å². The van der Waals surface area contributed by atoms with E-state index >= 15 is 0 Å². The number of aryl methyl sites for hydroxylation is 2. The maximum absolute atomic E-state index is 12.8. The zero-order valence-corrected chi connectivity index (χ0v) is 18.6. The van der Waals surface area contributed by atoms with Gasteiger partial charge in [-0.3, -0.25) is 14.4 Å². The van der Waals surface area contributed by atoms with Crippen molar-refractivity contribution in [2.45, 2.75) is 33.6 Å². The number of likely N-dealkylation sites (tertiary alicyclic amines) is 1. The van der Waals surface area contributed by atoms with Crippen molar-refractivity contribution in [2.75, 3.05) is 33.3 Å². The fraction of sp³-hybridized carbons (Fsp3) is 0.478. The lowest BCUT2D eigenvalue weighted by molar-refractivity contribution is -0.151. The third-order valence-corrected chi connectivity index (χ3v) is 5.56. The molecule has 1 aliphatic heterocycles. The van der Waals surface area contributed by atoms with Crippen molar-refractivity contribution in [3.63, 3.8) is 0 Å². The third kappa shape index (κ3) is 5.31. The number of benzene rings is 1. The molecule has 1 saturated heterocycles. The molecule has 1 aliphatic rings. The molecule has 0 aliphatic carbocycles. The predicted molar refractivity (Wildman–Crippen MR) is 116 cm³/mol. The van der Waals surface area contributed by atoms with Gasteiger partial charge in [-0.1, -0.05) is 0 Å². The van der Waals surface area contributed by atoms with Gasteiger partial charge in [-0.15, -0.1) is 0 Å². The number of esters is 1. The maximum Gasteiger partial charge on any atom is 0.309 e. The number of likely N-dealkylation sites (N-methyl/N-ethyl adjacent to an activating group) is 1. The molecule has 2 amide bonds. The molecule has 31 heavy (non-hydrogen) atoms. The molecule has 0 spiro atoms. The van der Waals surface area contributed by atoms with Gasteiger partial charge in [0.1, 0.15) is 0 Å². The Labute approximate surface area is 182 Å². The first-order chi connectivity index (χ1) is 14.8. The molecule has 0 N–H and O–H groups in total. The van der Waals surface area contributed by atoms with Crippen molar-refractivity contribution in [3.05, 3.63) is 47.3 Å². The molecule has 2 heterocycles. The first-order valence-electron chi connectivity index (χ1n) is 10.6. The van der Waals surface area contributed by atoms with Crippen LogP contribution in [0.5, 0.6) is 0 Å². The quantitative estimate of drug-likeness (QED) is 0.662. The highest BCUT2D eigenvalue weighted by Crippen LogP contribution is 2.19. The van der Waals surface area contributed by atoms with Gasteiger partial charge in [0, 0.05) is 31.4 Å². The molecule has 0 radical (unpaired) electrons. The molecule has 166 valence electrons. The van der Waals surface area contributed by atoms with Gasteiger partial charge in [-0.05, 0) is 63.9 Å². The summed E-state index contributed by atoms with van der Waals surface area (Å²) in [5.74, 6) is -0.665. The van der Waals surface area contributed by atoms with Crippen LogP contribution in [-0.4, -0.2) is 70.7 Å². The van der Waals surface area contributed by atoms with Crippen LogP contribution >= 0.6 is 0 Å². The number of carbonyl (C=O) groups is 3. The van der Waals surface area contributed by atoms with E-state index in [0.717, 1.165) is 17.1 Å². The lowest BCUT2D eigenvalue weighted by Crippen LogP contribution is -2.45. The topological polar surface area (TPSA) is 84.7 Å². The maximum atomic E-state index is 12.8. The summed E-state index contributed by atoms with van der Waals surface area (Å²) in [5.41, 5.74) is 3.35. The molecule has 0 atom stereocenters. The molecule has 1 aromatic heterocycles. The molecule has 2 aromatic rings. The number of piperidine rings is 1. The minimum absolute atomic E-state index is 0.00210. The van der Waals surface area contributed by atoms with Gasteiger partial charge < -0.3 is 14.5 Å². The van der Waals surface area contributed by atoms with E-state index in [-0.39, 0.29) is 30.2 Å². The van der Waals surface area contributed by atoms with Gasteiger partial charge >= 0.3 is 5.97 Å². The summed E-state index contributed by atoms with van der Waals surface area (Å²) < 4.78 is 6.90. The summed E-state index contributed by atoms with van der Waals surface area (Å²) in [5, 5.41) is 4.45. The van der Waals surface area contributed by atoms with E-state index < -0.39 is 0 Å². The van der Waals surface area contributed by atoms with Crippen LogP contribution in [-0.2, 0) is 14.3 Å². The molecular weight excluding hydrogens is 396 g/mol. The summed E-state index contributed by atoms with van der Waals surface area (Å²) in [6.45, 7) is 7.08. The van der Waals surface area contributed by atoms with Crippen LogP contribution in [0.3, 0.4) is 0 Å². The molecule has 1 aromatic carbocycles. The largest absolute Gasteiger partial charge is 0.466 e. The SMILES string of the molecule is CCOC(=O)C1CCN(C(=O)CN(C)C(=O)c2ccc(-n3nc(C)cc3C)cc2)CC1. The number of hydrogen-bond donors (Lipinski definition) is 0. The van der Waals surface area contributed by atoms with Crippen LogP contribution in [0.1, 0.15) is 41.5 Å². The van der Waals surface area contributed by atoms with Crippen LogP contribution in [0.25, 0.3) is 5.69 Å². The highest BCUT2D eigenvalue weighted by Gasteiger charge is 2.29. The molecule has 1 fully saturated rings. The Morgan fingerprint density at radius 3 is 2.32 bits per heavy atom. The van der Waals surface area contributed by atoms with Crippen LogP contribution in [0.15, 0.2) is 30.3 Å². The van der Waals surface area contributed by atoms with Gasteiger partial charge in [-0.25, -0.2) is 4.68 Å². The lowest BCUT2D eigenvalue weighted by atomic mass is 9.97. The highest BCUT2D eigenvalue weighted by atomic mass is 16.5. The Hall–Kier alpha value is -3.16. The summed E-state index contributed by atoms with van der Waals surface area (Å²) in [7, 11) is 1.63. The van der Waals surface area contributed by atoms with Crippen LogP contribution in [0.2, 0.25) is 0 Å². The minimum atomic E-state index is -0.213. The molecule has 0 unspecified atom stereocenters. The number of carbonyl (C=O) groups excluding carboxylic acids is 3. The normalized spacial score (nSPS) is 14.4. The molecular formula is C23H30N4O4. The zero-order chi connectivity index (χ0) is 22.5. The summed E-state index contributed by atoms with van der Waals surface area (Å²) in [6.07, 6.45) is 1.19. The second-order valence-electron chi connectivity index (χ2n) is 7.95. The zero-order valence-electron chi connectivity index (χ0n) is 18.6. The Bertz CT molecular complexity index is 943. The van der Waals surface area contributed by atoms with Crippen molar-refractivity contribution in [3.8, 4) is 5.69 Å². The number of ether oxygens (including phenoxy) is 1. The molecule has 8 nitrogen and oxygen atoms in total. The third-order valence-electron chi connectivity index (χ3n) is 5.56. The average molecular weight is 427 g/mol. The van der Waals surface area contributed by atoms with Gasteiger partial charge in [0.15, 0.2) is 0 Å². The number of nitrogens with zero attached hydrogens (tertiary/aromatic N) is 4. The lowest BCUT2D eigenvalue weighted by Gasteiger charge is -2.32. The Balaban J connectivity index is 1.55. The van der Waals surface area contributed by atoms with Gasteiger partial charge in [-0.2, -0.15) is 5.10 Å². The predicted octanol–water partition coefficient (Wildman–Crippen LogP) is 2.36. The first-order valence-corrected chi connectivity index (χ1v) is 10.6. The van der Waals surface area contributed by atoms with Crippen molar-refractivity contribution in [1.29, 1.82) is 0 Å². The number of hydrogen-bond acceptors (Lipinski definition) is 5. The molecule has 0 bridgehead atoms. The van der Waals surface area contributed by atoms with Gasteiger partial charge in [0.05, 0.1) is 30.5 Å². The van der Waals surface area contributed by atoms with E-state index in [9.17, 15) is 14.4 Å². The minimum Gasteiger partial charge on any atom is -0.466 e. The average Bonchev–Trinajstić information content (AvgIpc) is 3.11. The molecule has 8 heteroatoms. The van der Waals surface area contributed by atoms with E-state index in [1.165, 1.54) is 4.90 Å². The van der Waals surface area contributed by atoms with E-state index in [1.807, 2.05) is 36.7 Å². The van der Waals surface area contributed by atoms with Gasteiger partial charge in [0.2, 0.25) is 5.91 Å². The van der Waals surface area contributed by atoms with Crippen molar-refractivity contribution >= 4 is 17.8 Å². The van der Waals surface area contributed by atoms with E-state index in [2.05, 4.69) is 5.10 Å². The fourth-order valence-electron chi connectivity index (χ4n) is 3.86. The number of aromatic nitrogens is 2. The molecule has 0 saturated carbocycles. The van der Waals surface area contributed by atoms with Crippen molar-refractivity contribution < 1.29 is 19.1 Å². The van der Waals surface area contributed by atoms with E-state index in [0.29, 0.717) is 38.1 Å². The van der Waals surface area contributed by atoms with E-state index in [4.69, 9.17) is 4.74 Å². The smallest absolute Gasteiger partial charge is 0.309 e. The first kappa shape index (κ1) is 22.5. The highest BCUT2D eigenvalue weighted by molar-refractivity contribution is 5.96. The Kier molecular flexibility index (Phi) is 7.09. The van der Waals surface area contributed by atoms with E-state index in [1.54, 1.807) is 31.0 Å². The second kappa shape index (κ2) is 9.76. The Morgan fingerprint density at radius 1 is 1.13 bits per heavy atom. The summed E-state index contributed by atoms with van der Waals surface area (Å²) >= 11 is 0. The van der Waals surface area contributed by atoms with Crippen molar-refractivity contribution in [1.82, 2.24) is 19.6 Å². The Morgan fingerprint density at radius 2 is 1.77 bits per heavy atom. The summed E-state index contributed by atoms with van der Waals surface area (Å²) in [4.78, 5) is 40.4. The van der Waals surface area contributed by atoms with Crippen LogP contribution < -0.4 is 0 Å².